The molecule has 1 heterocycles. The van der Waals surface area contributed by atoms with Gasteiger partial charge in [-0.25, -0.2) is 9.18 Å². The van der Waals surface area contributed by atoms with E-state index < -0.39 is 23.4 Å². The molecule has 0 saturated carbocycles. The molecule has 1 fully saturated rings. The molecule has 120 valence electrons. The fourth-order valence-electron chi connectivity index (χ4n) is 2.24. The Kier molecular flexibility index (Phi) is 4.39. The van der Waals surface area contributed by atoms with Crippen molar-refractivity contribution in [1.82, 2.24) is 4.90 Å². The smallest absolute Gasteiger partial charge is 0.410 e. The molecule has 1 saturated heterocycles. The van der Waals surface area contributed by atoms with Gasteiger partial charge in [0.15, 0.2) is 5.78 Å². The van der Waals surface area contributed by atoms with Gasteiger partial charge in [-0.2, -0.15) is 0 Å². The molecule has 5 nitrogen and oxygen atoms in total. The predicted octanol–water partition coefficient (Wildman–Crippen LogP) is 2.88. The summed E-state index contributed by atoms with van der Waals surface area (Å²) in [6.07, 6.45) is -0.461. The summed E-state index contributed by atoms with van der Waals surface area (Å²) in [7, 11) is 1.39. The first kappa shape index (κ1) is 16.3. The van der Waals surface area contributed by atoms with E-state index in [-0.39, 0.29) is 30.2 Å². The standard InChI is InChI=1S/C16H20FNO4/c1-16(2,3)22-15(20)18-8-10(9-18)14(19)13-11(17)6-5-7-12(13)21-4/h5-7,10H,8-9H2,1-4H3. The molecule has 0 N–H and O–H groups in total. The highest BCUT2D eigenvalue weighted by Gasteiger charge is 2.39. The minimum atomic E-state index is -0.611. The Labute approximate surface area is 129 Å². The molecule has 1 aliphatic heterocycles. The number of halogens is 1. The van der Waals surface area contributed by atoms with E-state index in [9.17, 15) is 14.0 Å². The normalized spacial score (nSPS) is 15.2. The highest BCUT2D eigenvalue weighted by molar-refractivity contribution is 6.01. The van der Waals surface area contributed by atoms with Gasteiger partial charge in [0.1, 0.15) is 17.2 Å². The second kappa shape index (κ2) is 5.94. The largest absolute Gasteiger partial charge is 0.496 e. The minimum Gasteiger partial charge on any atom is -0.496 e. The van der Waals surface area contributed by atoms with Crippen molar-refractivity contribution < 1.29 is 23.5 Å². The lowest BCUT2D eigenvalue weighted by Gasteiger charge is -2.39. The molecule has 1 aliphatic rings. The van der Waals surface area contributed by atoms with Crippen LogP contribution in [0.4, 0.5) is 9.18 Å². The fraction of sp³-hybridized carbons (Fsp3) is 0.500. The van der Waals surface area contributed by atoms with Gasteiger partial charge in [0.2, 0.25) is 0 Å². The van der Waals surface area contributed by atoms with Crippen molar-refractivity contribution >= 4 is 11.9 Å². The molecule has 1 aromatic rings. The fourth-order valence-corrected chi connectivity index (χ4v) is 2.24. The van der Waals surface area contributed by atoms with Crippen LogP contribution in [0.1, 0.15) is 31.1 Å². The lowest BCUT2D eigenvalue weighted by molar-refractivity contribution is 0.00141. The Balaban J connectivity index is 2.02. The average Bonchev–Trinajstić information content (AvgIpc) is 2.33. The molecular weight excluding hydrogens is 289 g/mol. The Morgan fingerprint density at radius 2 is 1.91 bits per heavy atom. The number of likely N-dealkylation sites (tertiary alicyclic amines) is 1. The van der Waals surface area contributed by atoms with E-state index in [0.717, 1.165) is 0 Å². The maximum Gasteiger partial charge on any atom is 0.410 e. The van der Waals surface area contributed by atoms with Crippen LogP contribution in [0.3, 0.4) is 0 Å². The van der Waals surface area contributed by atoms with Crippen LogP contribution in [0, 0.1) is 11.7 Å². The third kappa shape index (κ3) is 3.37. The Morgan fingerprint density at radius 3 is 2.45 bits per heavy atom. The quantitative estimate of drug-likeness (QED) is 0.806. The molecular formula is C16H20FNO4. The van der Waals surface area contributed by atoms with Crippen molar-refractivity contribution in [3.05, 3.63) is 29.6 Å². The molecule has 2 rings (SSSR count). The van der Waals surface area contributed by atoms with E-state index in [0.29, 0.717) is 0 Å². The Hall–Kier alpha value is -2.11. The zero-order valence-corrected chi connectivity index (χ0v) is 13.2. The third-order valence-corrected chi connectivity index (χ3v) is 3.35. The number of carbonyl (C=O) groups is 2. The van der Waals surface area contributed by atoms with Crippen molar-refractivity contribution in [2.45, 2.75) is 26.4 Å². The molecule has 0 atom stereocenters. The van der Waals surface area contributed by atoms with Gasteiger partial charge < -0.3 is 14.4 Å². The topological polar surface area (TPSA) is 55.8 Å². The summed E-state index contributed by atoms with van der Waals surface area (Å²) < 4.78 is 24.1. The SMILES string of the molecule is COc1cccc(F)c1C(=O)C1CN(C(=O)OC(C)(C)C)C1. The predicted molar refractivity (Wildman–Crippen MR) is 78.6 cm³/mol. The van der Waals surface area contributed by atoms with E-state index in [2.05, 4.69) is 0 Å². The molecule has 1 amide bonds. The molecule has 0 unspecified atom stereocenters. The number of rotatable bonds is 3. The van der Waals surface area contributed by atoms with Crippen LogP contribution in [0.15, 0.2) is 18.2 Å². The van der Waals surface area contributed by atoms with Crippen molar-refractivity contribution in [3.8, 4) is 5.75 Å². The summed E-state index contributed by atoms with van der Waals surface area (Å²) in [6.45, 7) is 5.78. The maximum atomic E-state index is 13.9. The van der Waals surface area contributed by atoms with Gasteiger partial charge in [-0.05, 0) is 32.9 Å². The Bertz CT molecular complexity index is 588. The van der Waals surface area contributed by atoms with Crippen LogP contribution in [0.5, 0.6) is 5.75 Å². The van der Waals surface area contributed by atoms with Gasteiger partial charge in [-0.1, -0.05) is 6.07 Å². The third-order valence-electron chi connectivity index (χ3n) is 3.35. The molecule has 0 radical (unpaired) electrons. The summed E-state index contributed by atoms with van der Waals surface area (Å²) in [5.74, 6) is -1.19. The van der Waals surface area contributed by atoms with E-state index in [4.69, 9.17) is 9.47 Å². The van der Waals surface area contributed by atoms with Gasteiger partial charge >= 0.3 is 6.09 Å². The number of ketones is 1. The van der Waals surface area contributed by atoms with Crippen LogP contribution in [-0.2, 0) is 4.74 Å². The van der Waals surface area contributed by atoms with Gasteiger partial charge in [0.05, 0.1) is 18.6 Å². The molecule has 22 heavy (non-hydrogen) atoms. The first-order valence-corrected chi connectivity index (χ1v) is 7.07. The van der Waals surface area contributed by atoms with Crippen LogP contribution in [0.2, 0.25) is 0 Å². The van der Waals surface area contributed by atoms with Crippen LogP contribution in [-0.4, -0.2) is 42.6 Å². The van der Waals surface area contributed by atoms with Gasteiger partial charge in [0, 0.05) is 13.1 Å². The van der Waals surface area contributed by atoms with E-state index in [1.165, 1.54) is 24.1 Å². The number of hydrogen-bond donors (Lipinski definition) is 0. The first-order valence-electron chi connectivity index (χ1n) is 7.07. The molecule has 0 aromatic heterocycles. The Morgan fingerprint density at radius 1 is 1.27 bits per heavy atom. The molecule has 6 heteroatoms. The summed E-state index contributed by atoms with van der Waals surface area (Å²) in [4.78, 5) is 25.6. The number of ether oxygens (including phenoxy) is 2. The van der Waals surface area contributed by atoms with Crippen LogP contribution >= 0.6 is 0 Å². The van der Waals surface area contributed by atoms with E-state index in [1.807, 2.05) is 0 Å². The molecule has 1 aromatic carbocycles. The second-order valence-corrected chi connectivity index (χ2v) is 6.26. The van der Waals surface area contributed by atoms with E-state index in [1.54, 1.807) is 26.8 Å². The van der Waals surface area contributed by atoms with Gasteiger partial charge in [0.25, 0.3) is 0 Å². The summed E-state index contributed by atoms with van der Waals surface area (Å²) in [6, 6.07) is 4.25. The van der Waals surface area contributed by atoms with Crippen molar-refractivity contribution in [3.63, 3.8) is 0 Å². The number of benzene rings is 1. The minimum absolute atomic E-state index is 0.0566. The number of carbonyl (C=O) groups excluding carboxylic acids is 2. The number of amides is 1. The average molecular weight is 309 g/mol. The first-order chi connectivity index (χ1) is 10.2. The van der Waals surface area contributed by atoms with E-state index >= 15 is 0 Å². The highest BCUT2D eigenvalue weighted by Crippen LogP contribution is 2.29. The summed E-state index contributed by atoms with van der Waals surface area (Å²) in [5, 5.41) is 0. The summed E-state index contributed by atoms with van der Waals surface area (Å²) >= 11 is 0. The van der Waals surface area contributed by atoms with Gasteiger partial charge in [-0.3, -0.25) is 4.79 Å². The van der Waals surface area contributed by atoms with Crippen molar-refractivity contribution in [2.24, 2.45) is 5.92 Å². The molecule has 0 spiro atoms. The van der Waals surface area contributed by atoms with Gasteiger partial charge in [-0.15, -0.1) is 0 Å². The molecule has 0 bridgehead atoms. The second-order valence-electron chi connectivity index (χ2n) is 6.26. The monoisotopic (exact) mass is 309 g/mol. The zero-order valence-electron chi connectivity index (χ0n) is 13.2. The lowest BCUT2D eigenvalue weighted by Crippen LogP contribution is -2.54. The maximum absolute atomic E-state index is 13.9. The number of hydrogen-bond acceptors (Lipinski definition) is 4. The number of Topliss-reactive ketones (excluding diaryl/α,β-unsaturated/α-hetero) is 1. The van der Waals surface area contributed by atoms with Crippen molar-refractivity contribution in [2.75, 3.05) is 20.2 Å². The number of nitrogens with zero attached hydrogens (tertiary/aromatic N) is 1. The van der Waals surface area contributed by atoms with Crippen LogP contribution in [0.25, 0.3) is 0 Å². The summed E-state index contributed by atoms with van der Waals surface area (Å²) in [5.41, 5.74) is -0.639. The molecule has 0 aliphatic carbocycles. The lowest BCUT2D eigenvalue weighted by atomic mass is 9.90. The zero-order chi connectivity index (χ0) is 16.5. The highest BCUT2D eigenvalue weighted by atomic mass is 19.1. The van der Waals surface area contributed by atoms with Crippen molar-refractivity contribution in [1.29, 1.82) is 0 Å². The van der Waals surface area contributed by atoms with Crippen LogP contribution < -0.4 is 4.74 Å². The number of methoxy groups -OCH3 is 1.